The molecule has 18 heavy (non-hydrogen) atoms. The molecule has 3 heteroatoms. The highest BCUT2D eigenvalue weighted by atomic mass is 16.6. The number of hydrogen-bond donors (Lipinski definition) is 0. The first-order valence-corrected chi connectivity index (χ1v) is 7.11. The normalized spacial score (nSPS) is 30.8. The number of carbonyl (C=O) groups excluding carboxylic acids is 1. The third kappa shape index (κ3) is 3.58. The summed E-state index contributed by atoms with van der Waals surface area (Å²) in [5.41, 5.74) is 0.446. The zero-order valence-electron chi connectivity index (χ0n) is 11.3. The van der Waals surface area contributed by atoms with Crippen molar-refractivity contribution < 1.29 is 14.3 Å². The van der Waals surface area contributed by atoms with Crippen LogP contribution in [0.1, 0.15) is 45.4 Å². The maximum Gasteiger partial charge on any atom is 0.333 e. The van der Waals surface area contributed by atoms with Crippen LogP contribution in [-0.4, -0.2) is 25.3 Å². The Morgan fingerprint density at radius 2 is 1.94 bits per heavy atom. The molecule has 0 bridgehead atoms. The van der Waals surface area contributed by atoms with Gasteiger partial charge in [-0.3, -0.25) is 0 Å². The van der Waals surface area contributed by atoms with Gasteiger partial charge in [0.15, 0.2) is 0 Å². The van der Waals surface area contributed by atoms with Crippen molar-refractivity contribution in [2.24, 2.45) is 11.8 Å². The van der Waals surface area contributed by atoms with Crippen molar-refractivity contribution in [2.75, 3.05) is 13.2 Å². The molecule has 0 amide bonds. The Morgan fingerprint density at radius 3 is 2.72 bits per heavy atom. The average Bonchev–Trinajstić information content (AvgIpc) is 2.81. The van der Waals surface area contributed by atoms with Crippen molar-refractivity contribution in [1.82, 2.24) is 0 Å². The predicted molar refractivity (Wildman–Crippen MR) is 70.2 cm³/mol. The maximum atomic E-state index is 11.2. The van der Waals surface area contributed by atoms with E-state index in [-0.39, 0.29) is 5.97 Å². The second kappa shape index (κ2) is 6.37. The van der Waals surface area contributed by atoms with Crippen LogP contribution >= 0.6 is 0 Å². The Labute approximate surface area is 110 Å². The molecule has 0 radical (unpaired) electrons. The SMILES string of the molecule is C=C(C)C(=O)OCCOC1CCC2CCCC2C1. The Balaban J connectivity index is 1.60. The molecule has 2 aliphatic carbocycles. The summed E-state index contributed by atoms with van der Waals surface area (Å²) in [6.07, 6.45) is 8.30. The number of carbonyl (C=O) groups is 1. The first kappa shape index (κ1) is 13.6. The van der Waals surface area contributed by atoms with E-state index in [1.54, 1.807) is 6.92 Å². The van der Waals surface area contributed by atoms with Crippen LogP contribution in [0.25, 0.3) is 0 Å². The molecule has 0 aliphatic heterocycles. The van der Waals surface area contributed by atoms with E-state index in [9.17, 15) is 4.79 Å². The lowest BCUT2D eigenvalue weighted by Crippen LogP contribution is -2.28. The molecule has 2 aliphatic rings. The maximum absolute atomic E-state index is 11.2. The molecule has 3 atom stereocenters. The topological polar surface area (TPSA) is 35.5 Å². The second-order valence-electron chi connectivity index (χ2n) is 5.67. The quantitative estimate of drug-likeness (QED) is 0.428. The van der Waals surface area contributed by atoms with Gasteiger partial charge in [-0.2, -0.15) is 0 Å². The number of rotatable bonds is 5. The van der Waals surface area contributed by atoms with Crippen LogP contribution in [0.15, 0.2) is 12.2 Å². The zero-order chi connectivity index (χ0) is 13.0. The van der Waals surface area contributed by atoms with E-state index in [4.69, 9.17) is 9.47 Å². The Morgan fingerprint density at radius 1 is 1.17 bits per heavy atom. The van der Waals surface area contributed by atoms with Crippen LogP contribution in [0.4, 0.5) is 0 Å². The van der Waals surface area contributed by atoms with Gasteiger partial charge in [0.1, 0.15) is 6.61 Å². The van der Waals surface area contributed by atoms with Crippen molar-refractivity contribution in [1.29, 1.82) is 0 Å². The van der Waals surface area contributed by atoms with E-state index >= 15 is 0 Å². The largest absolute Gasteiger partial charge is 0.460 e. The van der Waals surface area contributed by atoms with E-state index in [1.807, 2.05) is 0 Å². The highest BCUT2D eigenvalue weighted by Gasteiger charge is 2.33. The van der Waals surface area contributed by atoms with Crippen LogP contribution in [-0.2, 0) is 14.3 Å². The van der Waals surface area contributed by atoms with E-state index in [0.29, 0.717) is 24.9 Å². The van der Waals surface area contributed by atoms with Gasteiger partial charge in [-0.05, 0) is 38.0 Å². The first-order valence-electron chi connectivity index (χ1n) is 7.11. The van der Waals surface area contributed by atoms with Crippen molar-refractivity contribution in [2.45, 2.75) is 51.6 Å². The number of esters is 1. The van der Waals surface area contributed by atoms with E-state index in [0.717, 1.165) is 11.8 Å². The molecule has 2 fully saturated rings. The molecular weight excluding hydrogens is 228 g/mol. The van der Waals surface area contributed by atoms with Crippen molar-refractivity contribution in [3.63, 3.8) is 0 Å². The van der Waals surface area contributed by atoms with Gasteiger partial charge < -0.3 is 9.47 Å². The monoisotopic (exact) mass is 252 g/mol. The van der Waals surface area contributed by atoms with Gasteiger partial charge >= 0.3 is 5.97 Å². The minimum Gasteiger partial charge on any atom is -0.460 e. The van der Waals surface area contributed by atoms with Crippen LogP contribution in [0.5, 0.6) is 0 Å². The summed E-state index contributed by atoms with van der Waals surface area (Å²) in [6, 6.07) is 0. The fraction of sp³-hybridized carbons (Fsp3) is 0.800. The minimum atomic E-state index is -0.321. The number of ether oxygens (including phenoxy) is 2. The molecule has 102 valence electrons. The molecule has 3 nitrogen and oxygen atoms in total. The number of fused-ring (bicyclic) bond motifs is 1. The Bertz CT molecular complexity index is 311. The lowest BCUT2D eigenvalue weighted by Gasteiger charge is -2.31. The van der Waals surface area contributed by atoms with Crippen molar-refractivity contribution in [3.05, 3.63) is 12.2 Å². The van der Waals surface area contributed by atoms with Crippen LogP contribution in [0.2, 0.25) is 0 Å². The standard InChI is InChI=1S/C15H24O3/c1-11(2)15(16)18-9-8-17-14-7-6-12-4-3-5-13(12)10-14/h12-14H,1,3-10H2,2H3. The Hall–Kier alpha value is -0.830. The van der Waals surface area contributed by atoms with Gasteiger partial charge in [0.2, 0.25) is 0 Å². The van der Waals surface area contributed by atoms with Crippen LogP contribution < -0.4 is 0 Å². The Kier molecular flexibility index (Phi) is 4.81. The summed E-state index contributed by atoms with van der Waals surface area (Å²) in [7, 11) is 0. The molecule has 0 heterocycles. The summed E-state index contributed by atoms with van der Waals surface area (Å²) in [6.45, 7) is 6.06. The van der Waals surface area contributed by atoms with Gasteiger partial charge in [0.05, 0.1) is 12.7 Å². The fourth-order valence-corrected chi connectivity index (χ4v) is 3.28. The van der Waals surface area contributed by atoms with Crippen LogP contribution in [0, 0.1) is 11.8 Å². The molecule has 0 aromatic heterocycles. The molecule has 0 aromatic rings. The van der Waals surface area contributed by atoms with Crippen molar-refractivity contribution in [3.8, 4) is 0 Å². The summed E-state index contributed by atoms with van der Waals surface area (Å²) < 4.78 is 10.8. The number of hydrogen-bond acceptors (Lipinski definition) is 3. The van der Waals surface area contributed by atoms with Gasteiger partial charge in [-0.1, -0.05) is 25.8 Å². The summed E-state index contributed by atoms with van der Waals surface area (Å²) in [4.78, 5) is 11.2. The molecule has 3 unspecified atom stereocenters. The van der Waals surface area contributed by atoms with Gasteiger partial charge in [0.25, 0.3) is 0 Å². The minimum absolute atomic E-state index is 0.321. The lowest BCUT2D eigenvalue weighted by molar-refractivity contribution is -0.141. The van der Waals surface area contributed by atoms with Gasteiger partial charge in [-0.15, -0.1) is 0 Å². The van der Waals surface area contributed by atoms with Gasteiger partial charge in [0, 0.05) is 5.57 Å². The molecule has 0 saturated heterocycles. The lowest BCUT2D eigenvalue weighted by atomic mass is 9.80. The third-order valence-corrected chi connectivity index (χ3v) is 4.26. The highest BCUT2D eigenvalue weighted by Crippen LogP contribution is 2.42. The summed E-state index contributed by atoms with van der Waals surface area (Å²) >= 11 is 0. The first-order chi connectivity index (χ1) is 8.66. The summed E-state index contributed by atoms with van der Waals surface area (Å²) in [5.74, 6) is 1.53. The van der Waals surface area contributed by atoms with Crippen LogP contribution in [0.3, 0.4) is 0 Å². The molecule has 2 rings (SSSR count). The smallest absolute Gasteiger partial charge is 0.333 e. The predicted octanol–water partition coefficient (Wildman–Crippen LogP) is 3.09. The summed E-state index contributed by atoms with van der Waals surface area (Å²) in [5, 5.41) is 0. The third-order valence-electron chi connectivity index (χ3n) is 4.26. The van der Waals surface area contributed by atoms with Gasteiger partial charge in [-0.25, -0.2) is 4.79 Å². The molecule has 0 spiro atoms. The molecule has 2 saturated carbocycles. The zero-order valence-corrected chi connectivity index (χ0v) is 11.3. The van der Waals surface area contributed by atoms with Crippen molar-refractivity contribution >= 4 is 5.97 Å². The fourth-order valence-electron chi connectivity index (χ4n) is 3.28. The molecular formula is C15H24O3. The highest BCUT2D eigenvalue weighted by molar-refractivity contribution is 5.86. The van der Waals surface area contributed by atoms with E-state index in [2.05, 4.69) is 6.58 Å². The van der Waals surface area contributed by atoms with E-state index < -0.39 is 0 Å². The second-order valence-corrected chi connectivity index (χ2v) is 5.67. The van der Waals surface area contributed by atoms with E-state index in [1.165, 1.54) is 38.5 Å². The average molecular weight is 252 g/mol. The molecule has 0 N–H and O–H groups in total. The molecule has 0 aromatic carbocycles.